The maximum Gasteiger partial charge on any atom is 0.152 e. The Morgan fingerprint density at radius 2 is 2.00 bits per heavy atom. The lowest BCUT2D eigenvalue weighted by molar-refractivity contribution is 0.562. The number of hydrogen-bond donors (Lipinski definition) is 1. The molecule has 19 heavy (non-hydrogen) atoms. The first-order valence-corrected chi connectivity index (χ1v) is 8.97. The summed E-state index contributed by atoms with van der Waals surface area (Å²) in [6.45, 7) is 2.19. The van der Waals surface area contributed by atoms with E-state index in [4.69, 9.17) is 0 Å². The minimum absolute atomic E-state index is 0.0697. The molecule has 1 aliphatic rings. The van der Waals surface area contributed by atoms with Gasteiger partial charge in [0, 0.05) is 11.7 Å². The van der Waals surface area contributed by atoms with Crippen LogP contribution in [-0.4, -0.2) is 26.0 Å². The predicted octanol–water partition coefficient (Wildman–Crippen LogP) is 3.02. The Morgan fingerprint density at radius 3 is 2.63 bits per heavy atom. The molecule has 0 saturated carbocycles. The molecule has 3 nitrogen and oxygen atoms in total. The maximum atomic E-state index is 11.6. The zero-order chi connectivity index (χ0) is 13.7. The minimum atomic E-state index is -2.83. The van der Waals surface area contributed by atoms with Gasteiger partial charge in [0.25, 0.3) is 0 Å². The van der Waals surface area contributed by atoms with Crippen molar-refractivity contribution in [2.75, 3.05) is 16.8 Å². The van der Waals surface area contributed by atoms with E-state index in [1.54, 1.807) is 0 Å². The van der Waals surface area contributed by atoms with Crippen molar-refractivity contribution in [3.8, 4) is 0 Å². The Labute approximate surface area is 116 Å². The van der Waals surface area contributed by atoms with Crippen LogP contribution in [0.15, 0.2) is 24.3 Å². The van der Waals surface area contributed by atoms with Crippen molar-refractivity contribution in [2.24, 2.45) is 0 Å². The summed E-state index contributed by atoms with van der Waals surface area (Å²) < 4.78 is 23.2. The number of unbranched alkanes of at least 4 members (excludes halogenated alkanes) is 1. The molecule has 1 unspecified atom stereocenters. The third-order valence-corrected chi connectivity index (χ3v) is 5.43. The highest BCUT2D eigenvalue weighted by Gasteiger charge is 2.24. The molecule has 1 atom stereocenters. The van der Waals surface area contributed by atoms with Crippen LogP contribution in [-0.2, 0) is 16.3 Å². The molecule has 0 spiro atoms. The first-order chi connectivity index (χ1) is 9.09. The first kappa shape index (κ1) is 14.4. The molecule has 2 rings (SSSR count). The van der Waals surface area contributed by atoms with Crippen molar-refractivity contribution in [2.45, 2.75) is 45.1 Å². The largest absolute Gasteiger partial charge is 0.381 e. The van der Waals surface area contributed by atoms with Crippen molar-refractivity contribution in [3.63, 3.8) is 0 Å². The van der Waals surface area contributed by atoms with Gasteiger partial charge >= 0.3 is 0 Å². The zero-order valence-electron chi connectivity index (χ0n) is 11.6. The van der Waals surface area contributed by atoms with Crippen LogP contribution >= 0.6 is 0 Å². The van der Waals surface area contributed by atoms with E-state index < -0.39 is 9.84 Å². The van der Waals surface area contributed by atoms with Crippen LogP contribution in [0.4, 0.5) is 5.69 Å². The predicted molar refractivity (Wildman–Crippen MR) is 80.4 cm³/mol. The summed E-state index contributed by atoms with van der Waals surface area (Å²) in [5.41, 5.74) is 2.38. The van der Waals surface area contributed by atoms with Gasteiger partial charge in [0.1, 0.15) is 0 Å². The van der Waals surface area contributed by atoms with Gasteiger partial charge in [0.15, 0.2) is 9.84 Å². The molecule has 1 heterocycles. The van der Waals surface area contributed by atoms with Gasteiger partial charge in [-0.2, -0.15) is 0 Å². The molecule has 0 bridgehead atoms. The van der Waals surface area contributed by atoms with Gasteiger partial charge < -0.3 is 5.32 Å². The highest BCUT2D eigenvalue weighted by atomic mass is 32.2. The Hall–Kier alpha value is -1.03. The topological polar surface area (TPSA) is 46.2 Å². The molecular weight excluding hydrogens is 258 g/mol. The van der Waals surface area contributed by atoms with Crippen molar-refractivity contribution in [1.82, 2.24) is 0 Å². The van der Waals surface area contributed by atoms with Crippen molar-refractivity contribution in [1.29, 1.82) is 0 Å². The van der Waals surface area contributed by atoms with E-state index in [0.29, 0.717) is 5.75 Å². The fourth-order valence-electron chi connectivity index (χ4n) is 2.52. The normalized spacial score (nSPS) is 22.1. The Kier molecular flexibility index (Phi) is 4.86. The standard InChI is InChI=1S/C15H23NO2S/c1-2-3-5-13-7-9-14(10-8-13)16-15-6-4-11-19(17,18)12-15/h7-10,15-16H,2-6,11-12H2,1H3. The fraction of sp³-hybridized carbons (Fsp3) is 0.600. The average molecular weight is 281 g/mol. The molecule has 0 amide bonds. The lowest BCUT2D eigenvalue weighted by atomic mass is 10.1. The van der Waals surface area contributed by atoms with Gasteiger partial charge in [-0.05, 0) is 43.4 Å². The molecule has 106 valence electrons. The lowest BCUT2D eigenvalue weighted by Gasteiger charge is -2.24. The van der Waals surface area contributed by atoms with E-state index in [1.807, 2.05) is 0 Å². The Bertz CT molecular complexity index is 493. The van der Waals surface area contributed by atoms with E-state index in [-0.39, 0.29) is 11.8 Å². The molecular formula is C15H23NO2S. The summed E-state index contributed by atoms with van der Waals surface area (Å²) in [6.07, 6.45) is 5.26. The molecule has 1 N–H and O–H groups in total. The SMILES string of the molecule is CCCCc1ccc(NC2CCCS(=O)(=O)C2)cc1. The van der Waals surface area contributed by atoms with E-state index in [0.717, 1.165) is 24.9 Å². The third-order valence-electron chi connectivity index (χ3n) is 3.61. The second-order valence-corrected chi connectivity index (χ2v) is 7.63. The summed E-state index contributed by atoms with van der Waals surface area (Å²) in [5, 5.41) is 3.34. The molecule has 1 fully saturated rings. The van der Waals surface area contributed by atoms with E-state index in [2.05, 4.69) is 36.5 Å². The number of aryl methyl sites for hydroxylation is 1. The summed E-state index contributed by atoms with van der Waals surface area (Å²) in [5.74, 6) is 0.617. The van der Waals surface area contributed by atoms with Gasteiger partial charge in [0.05, 0.1) is 11.5 Å². The molecule has 1 saturated heterocycles. The second-order valence-electron chi connectivity index (χ2n) is 5.40. The van der Waals surface area contributed by atoms with Gasteiger partial charge in [0.2, 0.25) is 0 Å². The molecule has 4 heteroatoms. The Balaban J connectivity index is 1.92. The summed E-state index contributed by atoms with van der Waals surface area (Å²) in [4.78, 5) is 0. The zero-order valence-corrected chi connectivity index (χ0v) is 12.4. The second kappa shape index (κ2) is 6.42. The lowest BCUT2D eigenvalue weighted by Crippen LogP contribution is -2.34. The molecule has 1 aliphatic heterocycles. The van der Waals surface area contributed by atoms with Crippen LogP contribution in [0.5, 0.6) is 0 Å². The molecule has 0 radical (unpaired) electrons. The number of anilines is 1. The highest BCUT2D eigenvalue weighted by molar-refractivity contribution is 7.91. The number of benzene rings is 1. The third kappa shape index (κ3) is 4.53. The minimum Gasteiger partial charge on any atom is -0.381 e. The number of sulfone groups is 1. The number of hydrogen-bond acceptors (Lipinski definition) is 3. The maximum absolute atomic E-state index is 11.6. The van der Waals surface area contributed by atoms with Gasteiger partial charge in [-0.1, -0.05) is 25.5 Å². The summed E-state index contributed by atoms with van der Waals surface area (Å²) in [7, 11) is -2.83. The van der Waals surface area contributed by atoms with E-state index >= 15 is 0 Å². The van der Waals surface area contributed by atoms with Gasteiger partial charge in [-0.15, -0.1) is 0 Å². The van der Waals surface area contributed by atoms with E-state index in [9.17, 15) is 8.42 Å². The van der Waals surface area contributed by atoms with Crippen molar-refractivity contribution in [3.05, 3.63) is 29.8 Å². The molecule has 0 aliphatic carbocycles. The number of rotatable bonds is 5. The monoisotopic (exact) mass is 281 g/mol. The van der Waals surface area contributed by atoms with Crippen LogP contribution in [0.1, 0.15) is 38.2 Å². The molecule has 0 aromatic heterocycles. The summed E-state index contributed by atoms with van der Waals surface area (Å²) >= 11 is 0. The number of nitrogens with one attached hydrogen (secondary N) is 1. The van der Waals surface area contributed by atoms with Crippen molar-refractivity contribution < 1.29 is 8.42 Å². The van der Waals surface area contributed by atoms with Crippen LogP contribution in [0.25, 0.3) is 0 Å². The van der Waals surface area contributed by atoms with Crippen LogP contribution in [0, 0.1) is 0 Å². The highest BCUT2D eigenvalue weighted by Crippen LogP contribution is 2.18. The van der Waals surface area contributed by atoms with Crippen LogP contribution < -0.4 is 5.32 Å². The summed E-state index contributed by atoms with van der Waals surface area (Å²) in [6, 6.07) is 8.46. The van der Waals surface area contributed by atoms with Gasteiger partial charge in [-0.25, -0.2) is 8.42 Å². The Morgan fingerprint density at radius 1 is 1.26 bits per heavy atom. The molecule has 1 aromatic rings. The average Bonchev–Trinajstić information content (AvgIpc) is 2.37. The van der Waals surface area contributed by atoms with E-state index in [1.165, 1.54) is 18.4 Å². The molecule has 1 aromatic carbocycles. The van der Waals surface area contributed by atoms with Crippen molar-refractivity contribution >= 4 is 15.5 Å². The van der Waals surface area contributed by atoms with Crippen LogP contribution in [0.2, 0.25) is 0 Å². The first-order valence-electron chi connectivity index (χ1n) is 7.15. The quantitative estimate of drug-likeness (QED) is 0.902. The van der Waals surface area contributed by atoms with Gasteiger partial charge in [-0.3, -0.25) is 0 Å². The fourth-order valence-corrected chi connectivity index (χ4v) is 4.16. The van der Waals surface area contributed by atoms with Crippen LogP contribution in [0.3, 0.4) is 0 Å². The smallest absolute Gasteiger partial charge is 0.152 e.